The molecule has 0 aliphatic heterocycles. The van der Waals surface area contributed by atoms with Crippen LogP contribution in [-0.2, 0) is 0 Å². The Morgan fingerprint density at radius 1 is 1.07 bits per heavy atom. The molecule has 0 unspecified atom stereocenters. The minimum Gasteiger partial charge on any atom is -0.508 e. The Morgan fingerprint density at radius 2 is 1.71 bits per heavy atom. The molecule has 2 N–H and O–H groups in total. The molecule has 0 spiro atoms. The maximum Gasteiger partial charge on any atom is 0.115 e. The van der Waals surface area contributed by atoms with E-state index >= 15 is 0 Å². The fourth-order valence-electron chi connectivity index (χ4n) is 1.46. The second-order valence-corrected chi connectivity index (χ2v) is 3.23. The van der Waals surface area contributed by atoms with E-state index in [0.717, 1.165) is 21.8 Å². The molecule has 0 bridgehead atoms. The molecular weight excluding hydrogens is 174 g/mol. The molecule has 0 fully saturated rings. The van der Waals surface area contributed by atoms with E-state index in [0.29, 0.717) is 0 Å². The third-order valence-corrected chi connectivity index (χ3v) is 2.13. The number of phenolic OH excluding ortho intramolecular Hbond substituents is 1. The maximum atomic E-state index is 9.14. The Hall–Kier alpha value is -1.96. The van der Waals surface area contributed by atoms with Crippen molar-refractivity contribution in [3.8, 4) is 16.9 Å². The first-order valence-electron chi connectivity index (χ1n) is 4.33. The van der Waals surface area contributed by atoms with Gasteiger partial charge in [-0.3, -0.25) is 0 Å². The van der Waals surface area contributed by atoms with Crippen molar-refractivity contribution >= 4 is 13.2 Å². The van der Waals surface area contributed by atoms with Gasteiger partial charge in [0, 0.05) is 16.3 Å². The topological polar surface area (TPSA) is 36.0 Å². The van der Waals surface area contributed by atoms with Crippen LogP contribution >= 0.6 is 0 Å². The van der Waals surface area contributed by atoms with Crippen LogP contribution < -0.4 is 10.7 Å². The predicted octanol–water partition coefficient (Wildman–Crippen LogP) is 1.21. The highest BCUT2D eigenvalue weighted by Gasteiger charge is 1.99. The van der Waals surface area contributed by atoms with Crippen LogP contribution in [0, 0.1) is 0 Å². The molecule has 2 aromatic rings. The van der Waals surface area contributed by atoms with Crippen molar-refractivity contribution in [2.24, 2.45) is 0 Å². The van der Waals surface area contributed by atoms with Gasteiger partial charge in [-0.2, -0.15) is 0 Å². The van der Waals surface area contributed by atoms with Crippen LogP contribution in [-0.4, -0.2) is 10.1 Å². The van der Waals surface area contributed by atoms with Gasteiger partial charge in [0.2, 0.25) is 0 Å². The van der Waals surface area contributed by atoms with Crippen molar-refractivity contribution in [3.63, 3.8) is 0 Å². The Bertz CT molecular complexity index is 537. The molecular formula is C12H11NO. The molecule has 2 heteroatoms. The highest BCUT2D eigenvalue weighted by molar-refractivity contribution is 5.64. The summed E-state index contributed by atoms with van der Waals surface area (Å²) >= 11 is 0. The standard InChI is InChI=1S/C12H11NO/c1-8-7-12(9(2)13-8)10-3-5-11(14)6-4-10/h3-7,13-14H,1-2H2. The smallest absolute Gasteiger partial charge is 0.115 e. The van der Waals surface area contributed by atoms with Gasteiger partial charge >= 0.3 is 0 Å². The molecule has 0 radical (unpaired) electrons. The van der Waals surface area contributed by atoms with Crippen LogP contribution in [0.4, 0.5) is 0 Å². The van der Waals surface area contributed by atoms with Crippen molar-refractivity contribution in [2.45, 2.75) is 0 Å². The predicted molar refractivity (Wildman–Crippen MR) is 58.2 cm³/mol. The quantitative estimate of drug-likeness (QED) is 0.688. The molecule has 1 aromatic heterocycles. The molecule has 0 aliphatic rings. The van der Waals surface area contributed by atoms with Gasteiger partial charge in [-0.15, -0.1) is 0 Å². The first-order valence-corrected chi connectivity index (χ1v) is 4.33. The number of phenols is 1. The summed E-state index contributed by atoms with van der Waals surface area (Å²) in [6, 6.07) is 8.96. The zero-order valence-corrected chi connectivity index (χ0v) is 7.75. The molecule has 2 nitrogen and oxygen atoms in total. The van der Waals surface area contributed by atoms with E-state index < -0.39 is 0 Å². The van der Waals surface area contributed by atoms with Crippen LogP contribution in [0.3, 0.4) is 0 Å². The lowest BCUT2D eigenvalue weighted by Gasteiger charge is -1.97. The molecule has 2 rings (SSSR count). The van der Waals surface area contributed by atoms with Crippen molar-refractivity contribution in [1.82, 2.24) is 4.98 Å². The summed E-state index contributed by atoms with van der Waals surface area (Å²) in [6.45, 7) is 7.68. The van der Waals surface area contributed by atoms with Crippen molar-refractivity contribution in [1.29, 1.82) is 0 Å². The molecule has 0 amide bonds. The number of hydrogen-bond donors (Lipinski definition) is 2. The summed E-state index contributed by atoms with van der Waals surface area (Å²) in [6.07, 6.45) is 0. The fourth-order valence-corrected chi connectivity index (χ4v) is 1.46. The molecule has 1 heterocycles. The summed E-state index contributed by atoms with van der Waals surface area (Å²) in [5.74, 6) is 0.268. The number of H-pyrrole nitrogens is 1. The molecule has 0 atom stereocenters. The molecule has 0 saturated carbocycles. The molecule has 1 aromatic carbocycles. The molecule has 0 saturated heterocycles. The van der Waals surface area contributed by atoms with E-state index in [1.807, 2.05) is 18.2 Å². The molecule has 14 heavy (non-hydrogen) atoms. The summed E-state index contributed by atoms with van der Waals surface area (Å²) in [4.78, 5) is 3.04. The first-order chi connectivity index (χ1) is 6.66. The Labute approximate surface area is 81.8 Å². The van der Waals surface area contributed by atoms with Crippen LogP contribution in [0.25, 0.3) is 24.3 Å². The van der Waals surface area contributed by atoms with E-state index in [9.17, 15) is 0 Å². The van der Waals surface area contributed by atoms with Gasteiger partial charge in [0.15, 0.2) is 0 Å². The zero-order chi connectivity index (χ0) is 10.1. The lowest BCUT2D eigenvalue weighted by Crippen LogP contribution is -2.06. The Balaban J connectivity index is 2.60. The van der Waals surface area contributed by atoms with Crippen LogP contribution in [0.1, 0.15) is 0 Å². The number of aromatic nitrogens is 1. The Morgan fingerprint density at radius 3 is 2.21 bits per heavy atom. The van der Waals surface area contributed by atoms with Crippen molar-refractivity contribution in [3.05, 3.63) is 41.0 Å². The van der Waals surface area contributed by atoms with Gasteiger partial charge in [-0.05, 0) is 23.8 Å². The monoisotopic (exact) mass is 185 g/mol. The molecule has 0 aliphatic carbocycles. The highest BCUT2D eigenvalue weighted by Crippen LogP contribution is 2.17. The number of rotatable bonds is 1. The average Bonchev–Trinajstić information content (AvgIpc) is 2.47. The number of aromatic amines is 1. The fraction of sp³-hybridized carbons (Fsp3) is 0. The number of nitrogens with one attached hydrogen (secondary N) is 1. The second-order valence-electron chi connectivity index (χ2n) is 3.23. The lowest BCUT2D eigenvalue weighted by molar-refractivity contribution is 0.475. The maximum absolute atomic E-state index is 9.14. The average molecular weight is 185 g/mol. The van der Waals surface area contributed by atoms with Crippen LogP contribution in [0.2, 0.25) is 0 Å². The normalized spacial score (nSPS) is 10.3. The summed E-state index contributed by atoms with van der Waals surface area (Å²) in [5.41, 5.74) is 2.05. The van der Waals surface area contributed by atoms with Crippen molar-refractivity contribution < 1.29 is 5.11 Å². The minimum absolute atomic E-state index is 0.268. The Kier molecular flexibility index (Phi) is 1.89. The highest BCUT2D eigenvalue weighted by atomic mass is 16.3. The number of hydrogen-bond acceptors (Lipinski definition) is 1. The van der Waals surface area contributed by atoms with Gasteiger partial charge in [0.05, 0.1) is 0 Å². The third kappa shape index (κ3) is 1.42. The number of benzene rings is 1. The summed E-state index contributed by atoms with van der Waals surface area (Å²) < 4.78 is 0. The lowest BCUT2D eigenvalue weighted by atomic mass is 10.1. The van der Waals surface area contributed by atoms with Crippen molar-refractivity contribution in [2.75, 3.05) is 0 Å². The van der Waals surface area contributed by atoms with E-state index in [-0.39, 0.29) is 5.75 Å². The van der Waals surface area contributed by atoms with Gasteiger partial charge in [-0.1, -0.05) is 25.3 Å². The number of aromatic hydroxyl groups is 1. The van der Waals surface area contributed by atoms with Gasteiger partial charge in [0.25, 0.3) is 0 Å². The van der Waals surface area contributed by atoms with E-state index in [1.54, 1.807) is 12.1 Å². The van der Waals surface area contributed by atoms with Crippen LogP contribution in [0.5, 0.6) is 5.75 Å². The van der Waals surface area contributed by atoms with Gasteiger partial charge in [-0.25, -0.2) is 0 Å². The van der Waals surface area contributed by atoms with E-state index in [2.05, 4.69) is 18.1 Å². The third-order valence-electron chi connectivity index (χ3n) is 2.13. The largest absolute Gasteiger partial charge is 0.508 e. The second kappa shape index (κ2) is 3.07. The van der Waals surface area contributed by atoms with Crippen LogP contribution in [0.15, 0.2) is 30.3 Å². The first kappa shape index (κ1) is 8.63. The van der Waals surface area contributed by atoms with Gasteiger partial charge in [0.1, 0.15) is 5.75 Å². The van der Waals surface area contributed by atoms with E-state index in [4.69, 9.17) is 5.11 Å². The summed E-state index contributed by atoms with van der Waals surface area (Å²) in [5, 5.41) is 10.8. The van der Waals surface area contributed by atoms with Gasteiger partial charge < -0.3 is 10.1 Å². The SMILES string of the molecule is C=c1cc(-c2ccc(O)cc2)c(=C)[nH]1. The zero-order valence-electron chi connectivity index (χ0n) is 7.75. The minimum atomic E-state index is 0.268. The summed E-state index contributed by atoms with van der Waals surface area (Å²) in [7, 11) is 0. The van der Waals surface area contributed by atoms with E-state index in [1.165, 1.54) is 0 Å². The molecule has 70 valence electrons.